The summed E-state index contributed by atoms with van der Waals surface area (Å²) in [5, 5.41) is 5.61. The predicted molar refractivity (Wildman–Crippen MR) is 84.2 cm³/mol. The van der Waals surface area contributed by atoms with Gasteiger partial charge in [-0.1, -0.05) is 36.4 Å². The van der Waals surface area contributed by atoms with Crippen LogP contribution >= 0.6 is 24.0 Å². The van der Waals surface area contributed by atoms with E-state index in [1.165, 1.54) is 10.8 Å². The van der Waals surface area contributed by atoms with Gasteiger partial charge in [-0.25, -0.2) is 4.98 Å². The lowest BCUT2D eigenvalue weighted by atomic mass is 10.1. The standard InChI is InChI=1S/C14H12N2.HI/c1-15-14-10-6-2-4-8-12(10)16-13-9-5-3-7-11(13)14;/h2-9H,1H3,(H,15,16);1H. The molecule has 17 heavy (non-hydrogen) atoms. The molecule has 0 saturated heterocycles. The monoisotopic (exact) mass is 336 g/mol. The van der Waals surface area contributed by atoms with Gasteiger partial charge in [-0.05, 0) is 12.1 Å². The van der Waals surface area contributed by atoms with Crippen molar-refractivity contribution in [1.29, 1.82) is 0 Å². The van der Waals surface area contributed by atoms with Gasteiger partial charge in [0.05, 0.1) is 16.7 Å². The van der Waals surface area contributed by atoms with E-state index in [4.69, 9.17) is 0 Å². The molecule has 0 atom stereocenters. The van der Waals surface area contributed by atoms with Crippen molar-refractivity contribution < 1.29 is 0 Å². The van der Waals surface area contributed by atoms with E-state index >= 15 is 0 Å². The Morgan fingerprint density at radius 2 is 1.29 bits per heavy atom. The van der Waals surface area contributed by atoms with Crippen LogP contribution in [0.25, 0.3) is 21.8 Å². The molecular weight excluding hydrogens is 323 g/mol. The third-order valence-corrected chi connectivity index (χ3v) is 2.84. The lowest BCUT2D eigenvalue weighted by Gasteiger charge is -2.09. The minimum Gasteiger partial charge on any atom is -0.387 e. The molecule has 2 nitrogen and oxygen atoms in total. The molecule has 0 unspecified atom stereocenters. The largest absolute Gasteiger partial charge is 0.387 e. The van der Waals surface area contributed by atoms with Gasteiger partial charge in [0.1, 0.15) is 0 Å². The van der Waals surface area contributed by atoms with Gasteiger partial charge in [-0.2, -0.15) is 0 Å². The molecule has 0 saturated carbocycles. The summed E-state index contributed by atoms with van der Waals surface area (Å²) in [6.45, 7) is 0. The smallest absolute Gasteiger partial charge is 0.0730 e. The average Bonchev–Trinajstić information content (AvgIpc) is 2.36. The number of para-hydroxylation sites is 2. The molecule has 1 aromatic heterocycles. The second-order valence-corrected chi connectivity index (χ2v) is 3.77. The number of benzene rings is 2. The molecule has 0 aliphatic rings. The zero-order valence-corrected chi connectivity index (χ0v) is 11.8. The molecule has 0 radical (unpaired) electrons. The van der Waals surface area contributed by atoms with Crippen molar-refractivity contribution in [2.24, 2.45) is 0 Å². The lowest BCUT2D eigenvalue weighted by molar-refractivity contribution is 1.47. The highest BCUT2D eigenvalue weighted by Crippen LogP contribution is 2.29. The summed E-state index contributed by atoms with van der Waals surface area (Å²) in [6.07, 6.45) is 0. The third kappa shape index (κ3) is 1.95. The van der Waals surface area contributed by atoms with Crippen molar-refractivity contribution in [2.75, 3.05) is 12.4 Å². The Kier molecular flexibility index (Phi) is 3.47. The number of hydrogen-bond acceptors (Lipinski definition) is 2. The molecule has 3 aromatic rings. The van der Waals surface area contributed by atoms with E-state index < -0.39 is 0 Å². The van der Waals surface area contributed by atoms with Crippen molar-refractivity contribution in [1.82, 2.24) is 4.98 Å². The number of halogens is 1. The van der Waals surface area contributed by atoms with E-state index in [0.717, 1.165) is 16.7 Å². The fraction of sp³-hybridized carbons (Fsp3) is 0.0714. The van der Waals surface area contributed by atoms with E-state index in [-0.39, 0.29) is 24.0 Å². The molecule has 0 aliphatic carbocycles. The number of nitrogens with one attached hydrogen (secondary N) is 1. The van der Waals surface area contributed by atoms with Gasteiger partial charge in [0.25, 0.3) is 0 Å². The van der Waals surface area contributed by atoms with Crippen LogP contribution in [0.1, 0.15) is 0 Å². The fourth-order valence-electron chi connectivity index (χ4n) is 2.11. The van der Waals surface area contributed by atoms with Gasteiger partial charge in [-0.15, -0.1) is 24.0 Å². The topological polar surface area (TPSA) is 24.9 Å². The molecule has 2 aromatic carbocycles. The first-order valence-corrected chi connectivity index (χ1v) is 5.35. The quantitative estimate of drug-likeness (QED) is 0.536. The molecule has 1 N–H and O–H groups in total. The molecular formula is C14H13IN2. The zero-order valence-electron chi connectivity index (χ0n) is 9.47. The van der Waals surface area contributed by atoms with Crippen molar-refractivity contribution >= 4 is 51.5 Å². The number of rotatable bonds is 1. The highest BCUT2D eigenvalue weighted by molar-refractivity contribution is 14.0. The Labute approximate surface area is 117 Å². The summed E-state index contributed by atoms with van der Waals surface area (Å²) in [4.78, 5) is 4.65. The minimum atomic E-state index is 0. The van der Waals surface area contributed by atoms with Gasteiger partial charge in [0, 0.05) is 17.8 Å². The van der Waals surface area contributed by atoms with Crippen molar-refractivity contribution in [2.45, 2.75) is 0 Å². The number of hydrogen-bond donors (Lipinski definition) is 1. The minimum absolute atomic E-state index is 0. The molecule has 0 aliphatic heterocycles. The second kappa shape index (κ2) is 4.87. The van der Waals surface area contributed by atoms with Gasteiger partial charge >= 0.3 is 0 Å². The number of fused-ring (bicyclic) bond motifs is 2. The highest BCUT2D eigenvalue weighted by Gasteiger charge is 2.05. The van der Waals surface area contributed by atoms with Gasteiger partial charge < -0.3 is 5.32 Å². The van der Waals surface area contributed by atoms with Crippen molar-refractivity contribution in [3.05, 3.63) is 48.5 Å². The van der Waals surface area contributed by atoms with E-state index in [1.54, 1.807) is 0 Å². The Bertz CT molecular complexity index is 610. The summed E-state index contributed by atoms with van der Waals surface area (Å²) in [5.74, 6) is 0. The number of aromatic nitrogens is 1. The van der Waals surface area contributed by atoms with Crippen molar-refractivity contribution in [3.63, 3.8) is 0 Å². The van der Waals surface area contributed by atoms with Crippen LogP contribution in [0.3, 0.4) is 0 Å². The lowest BCUT2D eigenvalue weighted by Crippen LogP contribution is -1.93. The van der Waals surface area contributed by atoms with Crippen LogP contribution in [0.5, 0.6) is 0 Å². The summed E-state index contributed by atoms with van der Waals surface area (Å²) < 4.78 is 0. The maximum atomic E-state index is 4.65. The maximum absolute atomic E-state index is 4.65. The Morgan fingerprint density at radius 3 is 1.76 bits per heavy atom. The molecule has 0 fully saturated rings. The molecule has 3 rings (SSSR count). The molecule has 86 valence electrons. The summed E-state index contributed by atoms with van der Waals surface area (Å²) >= 11 is 0. The summed E-state index contributed by atoms with van der Waals surface area (Å²) in [7, 11) is 1.95. The van der Waals surface area contributed by atoms with Gasteiger partial charge in [0.15, 0.2) is 0 Å². The first-order valence-electron chi connectivity index (χ1n) is 5.35. The zero-order chi connectivity index (χ0) is 11.0. The number of anilines is 1. The Balaban J connectivity index is 0.00000108. The van der Waals surface area contributed by atoms with Gasteiger partial charge in [0.2, 0.25) is 0 Å². The molecule has 0 amide bonds. The number of nitrogens with zero attached hydrogens (tertiary/aromatic N) is 1. The van der Waals surface area contributed by atoms with Crippen LogP contribution in [0.2, 0.25) is 0 Å². The molecule has 1 heterocycles. The van der Waals surface area contributed by atoms with Crippen LogP contribution < -0.4 is 5.32 Å². The third-order valence-electron chi connectivity index (χ3n) is 2.84. The first kappa shape index (κ1) is 12.1. The summed E-state index contributed by atoms with van der Waals surface area (Å²) in [5.41, 5.74) is 3.22. The second-order valence-electron chi connectivity index (χ2n) is 3.77. The van der Waals surface area contributed by atoms with Crippen LogP contribution in [0, 0.1) is 0 Å². The SMILES string of the molecule is CNc1c2ccccc2nc2ccccc12.I. The summed E-state index contributed by atoms with van der Waals surface area (Å²) in [6, 6.07) is 16.4. The fourth-order valence-corrected chi connectivity index (χ4v) is 2.11. The van der Waals surface area contributed by atoms with Gasteiger partial charge in [-0.3, -0.25) is 0 Å². The van der Waals surface area contributed by atoms with Crippen LogP contribution in [-0.2, 0) is 0 Å². The van der Waals surface area contributed by atoms with E-state index in [1.807, 2.05) is 43.4 Å². The first-order chi connectivity index (χ1) is 7.90. The van der Waals surface area contributed by atoms with E-state index in [2.05, 4.69) is 22.4 Å². The maximum Gasteiger partial charge on any atom is 0.0730 e. The number of pyridine rings is 1. The molecule has 0 bridgehead atoms. The van der Waals surface area contributed by atoms with Crippen molar-refractivity contribution in [3.8, 4) is 0 Å². The highest BCUT2D eigenvalue weighted by atomic mass is 127. The van der Waals surface area contributed by atoms with E-state index in [0.29, 0.717) is 0 Å². The predicted octanol–water partition coefficient (Wildman–Crippen LogP) is 4.05. The Morgan fingerprint density at radius 1 is 0.824 bits per heavy atom. The van der Waals surface area contributed by atoms with E-state index in [9.17, 15) is 0 Å². The normalized spacial score (nSPS) is 10.2. The Hall–Kier alpha value is -1.36. The van der Waals surface area contributed by atoms with Crippen LogP contribution in [-0.4, -0.2) is 12.0 Å². The molecule has 0 spiro atoms. The van der Waals surface area contributed by atoms with Crippen LogP contribution in [0.4, 0.5) is 5.69 Å². The van der Waals surface area contributed by atoms with Crippen LogP contribution in [0.15, 0.2) is 48.5 Å². The molecule has 3 heteroatoms. The average molecular weight is 336 g/mol.